The van der Waals surface area contributed by atoms with Crippen molar-refractivity contribution in [3.05, 3.63) is 53.0 Å². The number of nitrogens with one attached hydrogen (secondary N) is 1. The third-order valence-electron chi connectivity index (χ3n) is 2.52. The highest BCUT2D eigenvalue weighted by atomic mass is 35.5. The van der Waals surface area contributed by atoms with E-state index in [4.69, 9.17) is 23.2 Å². The van der Waals surface area contributed by atoms with Crippen LogP contribution >= 0.6 is 23.2 Å². The fourth-order valence-corrected chi connectivity index (χ4v) is 2.23. The summed E-state index contributed by atoms with van der Waals surface area (Å²) in [5.41, 5.74) is 0.808. The summed E-state index contributed by atoms with van der Waals surface area (Å²) >= 11 is 12.1. The van der Waals surface area contributed by atoms with E-state index >= 15 is 0 Å². The molecule has 3 aromatic rings. The van der Waals surface area contributed by atoms with E-state index in [2.05, 4.69) is 15.0 Å². The first-order valence-corrected chi connectivity index (χ1v) is 6.00. The molecule has 3 rings (SSSR count). The summed E-state index contributed by atoms with van der Waals surface area (Å²) in [6.07, 6.45) is 6.95. The van der Waals surface area contributed by atoms with Crippen LogP contribution in [-0.2, 0) is 0 Å². The Labute approximate surface area is 113 Å². The normalized spacial score (nSPS) is 10.8. The number of hydrogen-bond acceptors (Lipinski definition) is 2. The van der Waals surface area contributed by atoms with Crippen molar-refractivity contribution in [3.8, 4) is 17.3 Å². The minimum absolute atomic E-state index is 0.557. The molecule has 0 saturated carbocycles. The maximum absolute atomic E-state index is 6.19. The molecule has 0 aliphatic rings. The summed E-state index contributed by atoms with van der Waals surface area (Å²) in [5, 5.41) is 1.15. The Balaban J connectivity index is 2.16. The van der Waals surface area contributed by atoms with Crippen LogP contribution in [0.1, 0.15) is 0 Å². The minimum Gasteiger partial charge on any atom is -0.330 e. The molecule has 0 radical (unpaired) electrons. The Hall–Kier alpha value is -1.78. The van der Waals surface area contributed by atoms with E-state index < -0.39 is 0 Å². The molecule has 0 bridgehead atoms. The van der Waals surface area contributed by atoms with Crippen LogP contribution in [0.3, 0.4) is 0 Å². The molecular weight excluding hydrogens is 271 g/mol. The van der Waals surface area contributed by atoms with Gasteiger partial charge in [0.25, 0.3) is 0 Å². The zero-order chi connectivity index (χ0) is 12.5. The molecule has 2 aromatic heterocycles. The second-order valence-electron chi connectivity index (χ2n) is 3.66. The SMILES string of the molecule is Clc1ccc(-c2nccn2-c2ncc[nH]2)c(Cl)c1. The van der Waals surface area contributed by atoms with Crippen molar-refractivity contribution in [3.63, 3.8) is 0 Å². The highest BCUT2D eigenvalue weighted by molar-refractivity contribution is 6.36. The molecule has 0 saturated heterocycles. The molecule has 18 heavy (non-hydrogen) atoms. The lowest BCUT2D eigenvalue weighted by molar-refractivity contribution is 0.969. The molecule has 1 aromatic carbocycles. The Bertz CT molecular complexity index is 673. The Morgan fingerprint density at radius 1 is 1.11 bits per heavy atom. The van der Waals surface area contributed by atoms with Gasteiger partial charge in [0.15, 0.2) is 0 Å². The molecule has 1 N–H and O–H groups in total. The Kier molecular flexibility index (Phi) is 2.81. The zero-order valence-electron chi connectivity index (χ0n) is 9.14. The summed E-state index contributed by atoms with van der Waals surface area (Å²) in [6, 6.07) is 5.32. The van der Waals surface area contributed by atoms with Crippen molar-refractivity contribution in [2.75, 3.05) is 0 Å². The van der Waals surface area contributed by atoms with Crippen LogP contribution in [0.25, 0.3) is 17.3 Å². The van der Waals surface area contributed by atoms with Crippen LogP contribution in [0.4, 0.5) is 0 Å². The van der Waals surface area contributed by atoms with Gasteiger partial charge in [-0.15, -0.1) is 0 Å². The van der Waals surface area contributed by atoms with Crippen LogP contribution in [0.5, 0.6) is 0 Å². The maximum Gasteiger partial charge on any atom is 0.212 e. The van der Waals surface area contributed by atoms with Crippen molar-refractivity contribution in [2.24, 2.45) is 0 Å². The van der Waals surface area contributed by atoms with E-state index in [1.54, 1.807) is 30.7 Å². The van der Waals surface area contributed by atoms with Crippen LogP contribution in [0, 0.1) is 0 Å². The van der Waals surface area contributed by atoms with Gasteiger partial charge >= 0.3 is 0 Å². The highest BCUT2D eigenvalue weighted by Crippen LogP contribution is 2.29. The fraction of sp³-hybridized carbons (Fsp3) is 0. The molecular formula is C12H8Cl2N4. The van der Waals surface area contributed by atoms with E-state index in [-0.39, 0.29) is 0 Å². The van der Waals surface area contributed by atoms with Gasteiger partial charge in [0.2, 0.25) is 5.95 Å². The third kappa shape index (κ3) is 1.89. The molecule has 0 atom stereocenters. The molecule has 0 spiro atoms. The molecule has 0 amide bonds. The van der Waals surface area contributed by atoms with Crippen molar-refractivity contribution in [2.45, 2.75) is 0 Å². The number of benzene rings is 1. The van der Waals surface area contributed by atoms with E-state index in [0.717, 1.165) is 5.56 Å². The van der Waals surface area contributed by atoms with Gasteiger partial charge in [-0.25, -0.2) is 9.97 Å². The minimum atomic E-state index is 0.557. The van der Waals surface area contributed by atoms with Crippen molar-refractivity contribution >= 4 is 23.2 Å². The fourth-order valence-electron chi connectivity index (χ4n) is 1.73. The zero-order valence-corrected chi connectivity index (χ0v) is 10.7. The largest absolute Gasteiger partial charge is 0.330 e. The monoisotopic (exact) mass is 278 g/mol. The molecule has 0 unspecified atom stereocenters. The lowest BCUT2D eigenvalue weighted by Gasteiger charge is -2.06. The quantitative estimate of drug-likeness (QED) is 0.779. The van der Waals surface area contributed by atoms with Gasteiger partial charge in [-0.1, -0.05) is 23.2 Å². The average Bonchev–Trinajstić information content (AvgIpc) is 2.98. The van der Waals surface area contributed by atoms with Crippen molar-refractivity contribution < 1.29 is 0 Å². The van der Waals surface area contributed by atoms with Crippen LogP contribution in [-0.4, -0.2) is 19.5 Å². The summed E-state index contributed by atoms with van der Waals surface area (Å²) < 4.78 is 1.83. The van der Waals surface area contributed by atoms with E-state index in [0.29, 0.717) is 21.8 Å². The summed E-state index contributed by atoms with van der Waals surface area (Å²) in [6.45, 7) is 0. The lowest BCUT2D eigenvalue weighted by atomic mass is 10.2. The number of aromatic nitrogens is 4. The lowest BCUT2D eigenvalue weighted by Crippen LogP contribution is -1.98. The summed E-state index contributed by atoms with van der Waals surface area (Å²) in [5.74, 6) is 1.40. The van der Waals surface area contributed by atoms with E-state index in [9.17, 15) is 0 Å². The van der Waals surface area contributed by atoms with Gasteiger partial charge in [0.05, 0.1) is 5.02 Å². The first-order chi connectivity index (χ1) is 8.75. The van der Waals surface area contributed by atoms with Gasteiger partial charge in [-0.3, -0.25) is 4.57 Å². The summed E-state index contributed by atoms with van der Waals surface area (Å²) in [7, 11) is 0. The van der Waals surface area contributed by atoms with E-state index in [1.807, 2.05) is 16.8 Å². The van der Waals surface area contributed by atoms with Crippen LogP contribution < -0.4 is 0 Å². The first kappa shape index (κ1) is 11.3. The number of nitrogens with zero attached hydrogens (tertiary/aromatic N) is 3. The Morgan fingerprint density at radius 3 is 2.72 bits per heavy atom. The van der Waals surface area contributed by atoms with Gasteiger partial charge in [0.1, 0.15) is 5.82 Å². The molecule has 90 valence electrons. The average molecular weight is 279 g/mol. The molecule has 0 aliphatic heterocycles. The predicted molar refractivity (Wildman–Crippen MR) is 71.2 cm³/mol. The van der Waals surface area contributed by atoms with Crippen molar-refractivity contribution in [1.29, 1.82) is 0 Å². The molecule has 0 aliphatic carbocycles. The number of imidazole rings is 2. The molecule has 6 heteroatoms. The molecule has 2 heterocycles. The van der Waals surface area contributed by atoms with Crippen LogP contribution in [0.15, 0.2) is 43.0 Å². The highest BCUT2D eigenvalue weighted by Gasteiger charge is 2.12. The number of halogens is 2. The first-order valence-electron chi connectivity index (χ1n) is 5.24. The Morgan fingerprint density at radius 2 is 2.00 bits per heavy atom. The topological polar surface area (TPSA) is 46.5 Å². The van der Waals surface area contributed by atoms with E-state index in [1.165, 1.54) is 0 Å². The maximum atomic E-state index is 6.19. The van der Waals surface area contributed by atoms with Gasteiger partial charge in [-0.2, -0.15) is 0 Å². The van der Waals surface area contributed by atoms with Gasteiger partial charge in [0, 0.05) is 35.4 Å². The molecule has 0 fully saturated rings. The number of H-pyrrole nitrogens is 1. The number of aromatic amines is 1. The van der Waals surface area contributed by atoms with Crippen LogP contribution in [0.2, 0.25) is 10.0 Å². The third-order valence-corrected chi connectivity index (χ3v) is 3.07. The molecule has 4 nitrogen and oxygen atoms in total. The number of rotatable bonds is 2. The smallest absolute Gasteiger partial charge is 0.212 e. The number of hydrogen-bond donors (Lipinski definition) is 1. The summed E-state index contributed by atoms with van der Waals surface area (Å²) in [4.78, 5) is 11.5. The van der Waals surface area contributed by atoms with Gasteiger partial charge < -0.3 is 4.98 Å². The second kappa shape index (κ2) is 4.48. The second-order valence-corrected chi connectivity index (χ2v) is 4.50. The standard InChI is InChI=1S/C12H8Cl2N4/c13-8-1-2-9(10(14)7-8)11-15-5-6-18(11)12-16-3-4-17-12/h1-7H,(H,16,17). The van der Waals surface area contributed by atoms with Gasteiger partial charge in [-0.05, 0) is 18.2 Å². The van der Waals surface area contributed by atoms with Crippen molar-refractivity contribution in [1.82, 2.24) is 19.5 Å². The predicted octanol–water partition coefficient (Wildman–Crippen LogP) is 3.57.